The van der Waals surface area contributed by atoms with Crippen LogP contribution in [0.25, 0.3) is 0 Å². The Labute approximate surface area is 121 Å². The zero-order chi connectivity index (χ0) is 15.9. The predicted octanol–water partition coefficient (Wildman–Crippen LogP) is 1.65. The van der Waals surface area contributed by atoms with Crippen LogP contribution in [0.4, 0.5) is 19.0 Å². The molecule has 0 fully saturated rings. The minimum atomic E-state index is -4.57. The third-order valence-corrected chi connectivity index (χ3v) is 2.64. The summed E-state index contributed by atoms with van der Waals surface area (Å²) < 4.78 is 36.4. The van der Waals surface area contributed by atoms with Crippen molar-refractivity contribution in [2.45, 2.75) is 13.1 Å². The fourth-order valence-electron chi connectivity index (χ4n) is 1.53. The van der Waals surface area contributed by atoms with E-state index in [0.717, 1.165) is 12.4 Å². The average Bonchev–Trinajstić information content (AvgIpc) is 2.44. The molecule has 0 spiro atoms. The molecule has 116 valence electrons. The highest BCUT2D eigenvalue weighted by Crippen LogP contribution is 2.21. The maximum absolute atomic E-state index is 12.1. The number of rotatable bonds is 6. The molecule has 0 radical (unpaired) electrons. The first-order chi connectivity index (χ1) is 9.88. The zero-order valence-corrected chi connectivity index (χ0v) is 11.6. The van der Waals surface area contributed by atoms with E-state index in [9.17, 15) is 13.2 Å². The lowest BCUT2D eigenvalue weighted by Gasteiger charge is -2.20. The van der Waals surface area contributed by atoms with Crippen LogP contribution >= 0.6 is 0 Å². The van der Waals surface area contributed by atoms with Gasteiger partial charge in [0.2, 0.25) is 0 Å². The van der Waals surface area contributed by atoms with Crippen LogP contribution in [-0.4, -0.2) is 37.0 Å². The van der Waals surface area contributed by atoms with Crippen molar-refractivity contribution in [3.8, 4) is 0 Å². The summed E-state index contributed by atoms with van der Waals surface area (Å²) in [7, 11) is 0. The Morgan fingerprint density at radius 2 is 2.14 bits per heavy atom. The minimum Gasteiger partial charge on any atom is -0.393 e. The van der Waals surface area contributed by atoms with Crippen LogP contribution in [-0.2, 0) is 0 Å². The molecule has 1 aromatic heterocycles. The lowest BCUT2D eigenvalue weighted by Crippen LogP contribution is -2.29. The Morgan fingerprint density at radius 3 is 2.62 bits per heavy atom. The molecule has 1 rings (SSSR count). The van der Waals surface area contributed by atoms with E-state index in [1.807, 2.05) is 11.8 Å². The number of allylic oxidation sites excluding steroid dienone is 1. The number of aliphatic imine (C=N–C) groups is 1. The van der Waals surface area contributed by atoms with Gasteiger partial charge < -0.3 is 16.4 Å². The summed E-state index contributed by atoms with van der Waals surface area (Å²) in [4.78, 5) is 9.74. The summed E-state index contributed by atoms with van der Waals surface area (Å²) >= 11 is 0. The monoisotopic (exact) mass is 301 g/mol. The van der Waals surface area contributed by atoms with E-state index in [4.69, 9.17) is 11.5 Å². The number of pyridine rings is 1. The Kier molecular flexibility index (Phi) is 6.16. The Balaban J connectivity index is 2.75. The molecule has 5 nitrogen and oxygen atoms in total. The molecule has 0 aliphatic carbocycles. The maximum Gasteiger partial charge on any atom is 0.432 e. The molecule has 0 unspecified atom stereocenters. The van der Waals surface area contributed by atoms with Gasteiger partial charge in [0, 0.05) is 37.6 Å². The van der Waals surface area contributed by atoms with Gasteiger partial charge in [-0.2, -0.15) is 13.2 Å². The summed E-state index contributed by atoms with van der Waals surface area (Å²) in [5.74, 6) is 0.755. The highest BCUT2D eigenvalue weighted by atomic mass is 19.4. The van der Waals surface area contributed by atoms with Gasteiger partial charge in [-0.1, -0.05) is 0 Å². The Hall–Kier alpha value is -2.09. The highest BCUT2D eigenvalue weighted by Gasteiger charge is 2.31. The molecule has 4 N–H and O–H groups in total. The van der Waals surface area contributed by atoms with Crippen molar-refractivity contribution < 1.29 is 13.2 Å². The molecule has 0 saturated carbocycles. The van der Waals surface area contributed by atoms with Crippen LogP contribution in [0.5, 0.6) is 0 Å². The van der Waals surface area contributed by atoms with E-state index in [0.29, 0.717) is 24.9 Å². The SMILES string of the molecule is CCN(CCN)c1ccc(/C=N/C=C(\N)C(F)(F)F)cn1. The van der Waals surface area contributed by atoms with Gasteiger partial charge in [0.05, 0.1) is 6.20 Å². The molecule has 0 aliphatic rings. The lowest BCUT2D eigenvalue weighted by molar-refractivity contribution is -0.0928. The number of likely N-dealkylation sites (N-methyl/N-ethyl adjacent to an activating group) is 1. The zero-order valence-electron chi connectivity index (χ0n) is 11.6. The lowest BCUT2D eigenvalue weighted by atomic mass is 10.3. The maximum atomic E-state index is 12.1. The number of aromatic nitrogens is 1. The number of nitrogens with zero attached hydrogens (tertiary/aromatic N) is 3. The summed E-state index contributed by atoms with van der Waals surface area (Å²) in [5, 5.41) is 0. The van der Waals surface area contributed by atoms with Gasteiger partial charge in [0.15, 0.2) is 0 Å². The molecule has 0 aromatic carbocycles. The number of hydrogen-bond acceptors (Lipinski definition) is 5. The Morgan fingerprint density at radius 1 is 1.43 bits per heavy atom. The second-order valence-corrected chi connectivity index (χ2v) is 4.18. The van der Waals surface area contributed by atoms with Crippen molar-refractivity contribution in [3.05, 3.63) is 35.8 Å². The van der Waals surface area contributed by atoms with E-state index in [2.05, 4.69) is 9.98 Å². The second-order valence-electron chi connectivity index (χ2n) is 4.18. The van der Waals surface area contributed by atoms with Crippen LogP contribution in [0.3, 0.4) is 0 Å². The number of hydrogen-bond donors (Lipinski definition) is 2. The van der Waals surface area contributed by atoms with Crippen LogP contribution in [0.2, 0.25) is 0 Å². The molecule has 0 saturated heterocycles. The van der Waals surface area contributed by atoms with Gasteiger partial charge in [-0.25, -0.2) is 4.98 Å². The normalized spacial score (nSPS) is 12.9. The van der Waals surface area contributed by atoms with Gasteiger partial charge in [-0.05, 0) is 19.1 Å². The topological polar surface area (TPSA) is 80.5 Å². The third-order valence-electron chi connectivity index (χ3n) is 2.64. The summed E-state index contributed by atoms with van der Waals surface area (Å²) in [6.45, 7) is 3.95. The fourth-order valence-corrected chi connectivity index (χ4v) is 1.53. The number of alkyl halides is 3. The Bertz CT molecular complexity index is 494. The number of nitrogens with two attached hydrogens (primary N) is 2. The van der Waals surface area contributed by atoms with Crippen molar-refractivity contribution >= 4 is 12.0 Å². The molecule has 1 heterocycles. The van der Waals surface area contributed by atoms with Crippen LogP contribution < -0.4 is 16.4 Å². The van der Waals surface area contributed by atoms with Crippen molar-refractivity contribution in [1.82, 2.24) is 4.98 Å². The minimum absolute atomic E-state index is 0.514. The first-order valence-corrected chi connectivity index (χ1v) is 6.35. The summed E-state index contributed by atoms with van der Waals surface area (Å²) in [5.41, 5.74) is 9.65. The third kappa shape index (κ3) is 5.42. The van der Waals surface area contributed by atoms with Gasteiger partial charge >= 0.3 is 6.18 Å². The fraction of sp³-hybridized carbons (Fsp3) is 0.385. The molecule has 0 atom stereocenters. The van der Waals surface area contributed by atoms with Crippen molar-refractivity contribution in [3.63, 3.8) is 0 Å². The van der Waals surface area contributed by atoms with Crippen LogP contribution in [0.15, 0.2) is 35.2 Å². The molecule has 1 aromatic rings. The van der Waals surface area contributed by atoms with Crippen LogP contribution in [0.1, 0.15) is 12.5 Å². The molecule has 0 bridgehead atoms. The number of anilines is 1. The largest absolute Gasteiger partial charge is 0.432 e. The molecular formula is C13H18F3N5. The first kappa shape index (κ1) is 17.0. The van der Waals surface area contributed by atoms with E-state index < -0.39 is 11.9 Å². The standard InChI is InChI=1S/C13H18F3N5/c1-2-21(6-5-17)12-4-3-10(8-20-12)7-19-9-11(18)13(14,15)16/h3-4,7-9H,2,5-6,17-18H2,1H3/b11-9-,19-7+. The molecule has 21 heavy (non-hydrogen) atoms. The van der Waals surface area contributed by atoms with E-state index in [1.54, 1.807) is 12.1 Å². The smallest absolute Gasteiger partial charge is 0.393 e. The van der Waals surface area contributed by atoms with Gasteiger partial charge in [0.25, 0.3) is 0 Å². The summed E-state index contributed by atoms with van der Waals surface area (Å²) in [6, 6.07) is 3.47. The first-order valence-electron chi connectivity index (χ1n) is 6.35. The molecule has 8 heteroatoms. The van der Waals surface area contributed by atoms with E-state index in [-0.39, 0.29) is 0 Å². The van der Waals surface area contributed by atoms with Crippen molar-refractivity contribution in [2.75, 3.05) is 24.5 Å². The van der Waals surface area contributed by atoms with Gasteiger partial charge in [-0.3, -0.25) is 4.99 Å². The predicted molar refractivity (Wildman–Crippen MR) is 77.1 cm³/mol. The number of halogens is 3. The van der Waals surface area contributed by atoms with Crippen LogP contribution in [0, 0.1) is 0 Å². The van der Waals surface area contributed by atoms with Gasteiger partial charge in [-0.15, -0.1) is 0 Å². The summed E-state index contributed by atoms with van der Waals surface area (Å²) in [6.07, 6.45) is -1.21. The highest BCUT2D eigenvalue weighted by molar-refractivity contribution is 5.79. The van der Waals surface area contributed by atoms with Crippen molar-refractivity contribution in [1.29, 1.82) is 0 Å². The van der Waals surface area contributed by atoms with Gasteiger partial charge in [0.1, 0.15) is 11.5 Å². The van der Waals surface area contributed by atoms with E-state index >= 15 is 0 Å². The molecular weight excluding hydrogens is 283 g/mol. The quantitative estimate of drug-likeness (QED) is 0.783. The van der Waals surface area contributed by atoms with Crippen molar-refractivity contribution in [2.24, 2.45) is 16.5 Å². The average molecular weight is 301 g/mol. The second kappa shape index (κ2) is 7.63. The van der Waals surface area contributed by atoms with E-state index in [1.165, 1.54) is 12.4 Å². The molecule has 0 amide bonds. The molecule has 0 aliphatic heterocycles.